The van der Waals surface area contributed by atoms with Gasteiger partial charge in [-0.05, 0) is 12.8 Å². The van der Waals surface area contributed by atoms with Gasteiger partial charge in [-0.1, -0.05) is 6.42 Å². The molecule has 0 aromatic carbocycles. The van der Waals surface area contributed by atoms with Gasteiger partial charge in [0.2, 0.25) is 0 Å². The van der Waals surface area contributed by atoms with Gasteiger partial charge in [0.15, 0.2) is 0 Å². The molecule has 2 atom stereocenters. The van der Waals surface area contributed by atoms with Gasteiger partial charge in [-0.2, -0.15) is 0 Å². The van der Waals surface area contributed by atoms with Crippen molar-refractivity contribution in [1.82, 2.24) is 0 Å². The van der Waals surface area contributed by atoms with Crippen molar-refractivity contribution < 1.29 is 62.0 Å². The maximum absolute atomic E-state index is 10.5. The van der Waals surface area contributed by atoms with Crippen LogP contribution >= 0.6 is 0 Å². The third-order valence-corrected chi connectivity index (χ3v) is 3.68. The largest absolute Gasteiger partial charge is 1.00 e. The highest BCUT2D eigenvalue weighted by atomic mass is 127. The summed E-state index contributed by atoms with van der Waals surface area (Å²) in [6.07, 6.45) is 3.58. The minimum absolute atomic E-state index is 0. The van der Waals surface area contributed by atoms with Crippen molar-refractivity contribution in [2.45, 2.75) is 25.4 Å². The van der Waals surface area contributed by atoms with E-state index in [-0.39, 0.29) is 54.1 Å². The van der Waals surface area contributed by atoms with E-state index in [0.717, 1.165) is 22.1 Å². The number of halogens is 2. The predicted octanol–water partition coefficient (Wildman–Crippen LogP) is -4.82. The molecule has 0 saturated heterocycles. The van der Waals surface area contributed by atoms with Crippen LogP contribution in [-0.4, -0.2) is 75.6 Å². The molecule has 1 aliphatic rings. The van der Waals surface area contributed by atoms with E-state index in [2.05, 4.69) is 42.3 Å². The van der Waals surface area contributed by atoms with Crippen LogP contribution in [0.3, 0.4) is 0 Å². The van der Waals surface area contributed by atoms with Crippen molar-refractivity contribution in [3.05, 3.63) is 0 Å². The fourth-order valence-electron chi connectivity index (χ4n) is 3.17. The SMILES string of the molecule is C[N+](C)(C)CC1CCCC(C[N+](C)(C)C)C1O.[I-].[I-]. The van der Waals surface area contributed by atoms with Crippen LogP contribution in [0.4, 0.5) is 0 Å². The fraction of sp³-hybridized carbons (Fsp3) is 1.00. The summed E-state index contributed by atoms with van der Waals surface area (Å²) in [5.41, 5.74) is 0. The molecule has 1 aliphatic carbocycles. The van der Waals surface area contributed by atoms with Crippen LogP contribution in [0, 0.1) is 11.8 Å². The summed E-state index contributed by atoms with van der Waals surface area (Å²) in [7, 11) is 13.3. The first-order valence-electron chi connectivity index (χ1n) is 6.87. The molecular weight excluding hydrogens is 466 g/mol. The lowest BCUT2D eigenvalue weighted by Gasteiger charge is -2.40. The van der Waals surface area contributed by atoms with Crippen LogP contribution < -0.4 is 48.0 Å². The van der Waals surface area contributed by atoms with Crippen molar-refractivity contribution in [3.8, 4) is 0 Å². The number of hydrogen-bond acceptors (Lipinski definition) is 1. The van der Waals surface area contributed by atoms with Crippen LogP contribution in [0.25, 0.3) is 0 Å². The molecule has 5 heteroatoms. The molecule has 3 nitrogen and oxygen atoms in total. The van der Waals surface area contributed by atoms with E-state index in [4.69, 9.17) is 0 Å². The molecule has 0 aromatic heterocycles. The molecule has 19 heavy (non-hydrogen) atoms. The Kier molecular flexibility index (Phi) is 10.4. The first-order chi connectivity index (χ1) is 7.58. The van der Waals surface area contributed by atoms with Crippen LogP contribution in [0.15, 0.2) is 0 Å². The lowest BCUT2D eigenvalue weighted by atomic mass is 9.78. The molecule has 0 heterocycles. The van der Waals surface area contributed by atoms with Crippen LogP contribution in [-0.2, 0) is 0 Å². The van der Waals surface area contributed by atoms with E-state index in [1.807, 2.05) is 0 Å². The molecule has 0 aromatic rings. The second-order valence-corrected chi connectivity index (χ2v) is 7.89. The lowest BCUT2D eigenvalue weighted by molar-refractivity contribution is -0.878. The summed E-state index contributed by atoms with van der Waals surface area (Å²) in [5.74, 6) is 0.973. The van der Waals surface area contributed by atoms with Gasteiger partial charge in [-0.25, -0.2) is 0 Å². The Morgan fingerprint density at radius 3 is 1.37 bits per heavy atom. The second-order valence-electron chi connectivity index (χ2n) is 7.89. The average molecular weight is 498 g/mol. The molecule has 1 rings (SSSR count). The second kappa shape index (κ2) is 8.70. The predicted molar refractivity (Wildman–Crippen MR) is 72.6 cm³/mol. The van der Waals surface area contributed by atoms with Gasteiger partial charge in [0.1, 0.15) is 0 Å². The molecule has 1 fully saturated rings. The van der Waals surface area contributed by atoms with Crippen LogP contribution in [0.2, 0.25) is 0 Å². The number of quaternary nitrogens is 2. The number of aliphatic hydroxyl groups excluding tert-OH is 1. The smallest absolute Gasteiger partial charge is 0.0834 e. The zero-order valence-electron chi connectivity index (χ0n) is 13.4. The molecule has 2 unspecified atom stereocenters. The number of aliphatic hydroxyl groups is 1. The van der Waals surface area contributed by atoms with Gasteiger partial charge in [0.05, 0.1) is 61.5 Å². The van der Waals surface area contributed by atoms with Gasteiger partial charge in [0.25, 0.3) is 0 Å². The number of hydrogen-bond donors (Lipinski definition) is 1. The maximum Gasteiger partial charge on any atom is 0.0834 e. The van der Waals surface area contributed by atoms with E-state index in [9.17, 15) is 5.11 Å². The van der Waals surface area contributed by atoms with Crippen molar-refractivity contribution in [2.75, 3.05) is 55.4 Å². The Labute approximate surface area is 153 Å². The molecule has 0 radical (unpaired) electrons. The van der Waals surface area contributed by atoms with Crippen LogP contribution in [0.5, 0.6) is 0 Å². The molecule has 0 bridgehead atoms. The Balaban J connectivity index is 0. The van der Waals surface area contributed by atoms with E-state index >= 15 is 0 Å². The summed E-state index contributed by atoms with van der Waals surface area (Å²) in [6.45, 7) is 2.18. The first-order valence-corrected chi connectivity index (χ1v) is 6.87. The molecule has 0 spiro atoms. The highest BCUT2D eigenvalue weighted by molar-refractivity contribution is 4.81. The summed E-state index contributed by atoms with van der Waals surface area (Å²) in [6, 6.07) is 0. The quantitative estimate of drug-likeness (QED) is 0.305. The van der Waals surface area contributed by atoms with Gasteiger partial charge in [-0.3, -0.25) is 0 Å². The Hall–Kier alpha value is 1.34. The zero-order valence-corrected chi connectivity index (χ0v) is 17.7. The zero-order chi connectivity index (χ0) is 13.3. The summed E-state index contributed by atoms with van der Waals surface area (Å²) >= 11 is 0. The summed E-state index contributed by atoms with van der Waals surface area (Å²) < 4.78 is 1.91. The summed E-state index contributed by atoms with van der Waals surface area (Å²) in [4.78, 5) is 0. The van der Waals surface area contributed by atoms with Gasteiger partial charge < -0.3 is 62.0 Å². The minimum Gasteiger partial charge on any atom is -1.00 e. The molecule has 0 amide bonds. The van der Waals surface area contributed by atoms with Gasteiger partial charge in [0, 0.05) is 11.8 Å². The normalized spacial score (nSPS) is 28.3. The van der Waals surface area contributed by atoms with Gasteiger partial charge in [-0.15, -0.1) is 0 Å². The minimum atomic E-state index is -0.0987. The standard InChI is InChI=1S/C14H32N2O.2HI/c1-15(2,3)10-12-8-7-9-13(14(12)17)11-16(4,5)6;;/h12-14,17H,7-11H2,1-6H3;2*1H/q+2;;/p-2. The monoisotopic (exact) mass is 498 g/mol. The van der Waals surface area contributed by atoms with E-state index in [0.29, 0.717) is 11.8 Å². The lowest BCUT2D eigenvalue weighted by Crippen LogP contribution is -3.00. The molecule has 1 N–H and O–H groups in total. The first kappa shape index (κ1) is 22.6. The number of nitrogens with zero attached hydrogens (tertiary/aromatic N) is 2. The molecule has 0 aliphatic heterocycles. The third kappa shape index (κ3) is 9.06. The van der Waals surface area contributed by atoms with Gasteiger partial charge >= 0.3 is 0 Å². The van der Waals surface area contributed by atoms with Crippen molar-refractivity contribution in [2.24, 2.45) is 11.8 Å². The molecule has 118 valence electrons. The van der Waals surface area contributed by atoms with Crippen molar-refractivity contribution in [3.63, 3.8) is 0 Å². The van der Waals surface area contributed by atoms with E-state index in [1.54, 1.807) is 0 Å². The molecular formula is C14H32I2N2O. The highest BCUT2D eigenvalue weighted by Gasteiger charge is 2.37. The maximum atomic E-state index is 10.5. The Morgan fingerprint density at radius 2 is 1.11 bits per heavy atom. The van der Waals surface area contributed by atoms with E-state index < -0.39 is 0 Å². The van der Waals surface area contributed by atoms with E-state index in [1.165, 1.54) is 19.3 Å². The topological polar surface area (TPSA) is 20.2 Å². The fourth-order valence-corrected chi connectivity index (χ4v) is 3.17. The highest BCUT2D eigenvalue weighted by Crippen LogP contribution is 2.31. The van der Waals surface area contributed by atoms with Crippen LogP contribution in [0.1, 0.15) is 19.3 Å². The average Bonchev–Trinajstić information content (AvgIpc) is 2.07. The third-order valence-electron chi connectivity index (χ3n) is 3.68. The van der Waals surface area contributed by atoms with Crippen molar-refractivity contribution in [1.29, 1.82) is 0 Å². The summed E-state index contributed by atoms with van der Waals surface area (Å²) in [5, 5.41) is 10.5. The number of rotatable bonds is 4. The Bertz CT molecular complexity index is 225. The van der Waals surface area contributed by atoms with Crippen molar-refractivity contribution >= 4 is 0 Å². The molecule has 1 saturated carbocycles. The Morgan fingerprint density at radius 1 is 0.789 bits per heavy atom.